The number of hydrogen-bond donors (Lipinski definition) is 2. The van der Waals surface area contributed by atoms with Crippen molar-refractivity contribution < 1.29 is 55.0 Å². The van der Waals surface area contributed by atoms with E-state index in [2.05, 4.69) is 15.4 Å². The van der Waals surface area contributed by atoms with E-state index in [1.165, 1.54) is 14.2 Å². The zero-order chi connectivity index (χ0) is 35.2. The molecule has 2 N–H and O–H groups in total. The van der Waals surface area contributed by atoms with E-state index in [0.29, 0.717) is 18.4 Å². The number of esters is 2. The first-order valence-corrected chi connectivity index (χ1v) is 18.7. The molecule has 48 heavy (non-hydrogen) atoms. The quantitative estimate of drug-likeness (QED) is 0.220. The lowest BCUT2D eigenvalue weighted by atomic mass is 9.94. The molecule has 14 nitrogen and oxygen atoms in total. The van der Waals surface area contributed by atoms with Crippen LogP contribution in [0.15, 0.2) is 71.9 Å². The molecule has 0 aliphatic carbocycles. The van der Waals surface area contributed by atoms with Gasteiger partial charge >= 0.3 is 24.1 Å². The number of hydrogen-bond acceptors (Lipinski definition) is 12. The van der Waals surface area contributed by atoms with Crippen LogP contribution >= 0.6 is 0 Å². The molecule has 2 fully saturated rings. The molecule has 2 saturated heterocycles. The maximum atomic E-state index is 12.0. The first-order valence-electron chi connectivity index (χ1n) is 15.1. The molecule has 262 valence electrons. The normalized spacial score (nSPS) is 17.2. The minimum atomic E-state index is -3.09. The molecule has 0 spiro atoms. The third-order valence-corrected chi connectivity index (χ3v) is 11.0. The van der Waals surface area contributed by atoms with Gasteiger partial charge in [0.05, 0.1) is 37.2 Å². The highest BCUT2D eigenvalue weighted by Gasteiger charge is 2.35. The highest BCUT2D eigenvalue weighted by Crippen LogP contribution is 2.24. The van der Waals surface area contributed by atoms with Crippen LogP contribution in [0.1, 0.15) is 36.8 Å². The molecule has 2 heterocycles. The summed E-state index contributed by atoms with van der Waals surface area (Å²) in [6.07, 6.45) is -0.539. The molecule has 0 saturated carbocycles. The summed E-state index contributed by atoms with van der Waals surface area (Å²) < 4.78 is 65.6. The zero-order valence-electron chi connectivity index (χ0n) is 26.7. The van der Waals surface area contributed by atoms with Crippen molar-refractivity contribution in [1.29, 1.82) is 0 Å². The molecule has 0 bridgehead atoms. The molecule has 2 aromatic carbocycles. The average Bonchev–Trinajstić information content (AvgIpc) is 3.08. The van der Waals surface area contributed by atoms with Crippen molar-refractivity contribution in [3.63, 3.8) is 0 Å². The van der Waals surface area contributed by atoms with E-state index >= 15 is 0 Å². The van der Waals surface area contributed by atoms with Gasteiger partial charge in [0.25, 0.3) is 0 Å². The van der Waals surface area contributed by atoms with Crippen LogP contribution in [0.25, 0.3) is 0 Å². The molecule has 1 atom stereocenters. The van der Waals surface area contributed by atoms with E-state index < -0.39 is 49.8 Å². The van der Waals surface area contributed by atoms with Gasteiger partial charge in [-0.3, -0.25) is 5.32 Å². The first kappa shape index (κ1) is 38.0. The lowest BCUT2D eigenvalue weighted by molar-refractivity contribution is -0.144. The second-order valence-corrected chi connectivity index (χ2v) is 15.6. The molecule has 0 unspecified atom stereocenters. The Morgan fingerprint density at radius 3 is 1.67 bits per heavy atom. The van der Waals surface area contributed by atoms with Gasteiger partial charge in [0.1, 0.15) is 34.8 Å². The van der Waals surface area contributed by atoms with Crippen molar-refractivity contribution in [2.24, 2.45) is 5.92 Å². The van der Waals surface area contributed by atoms with E-state index in [0.717, 1.165) is 11.1 Å². The number of alkyl carbamates (subject to hydrolysis) is 2. The van der Waals surface area contributed by atoms with Gasteiger partial charge in [0, 0.05) is 0 Å². The SMILES string of the molecule is COC(=O)C(NC(=O)OCc1ccccc1)=C1CCS(=O)(=O)CC1.COC(=O)[C@@H](NC(=O)OCc1ccccc1)C1CCS(=O)(=O)CC1. The maximum absolute atomic E-state index is 12.0. The van der Waals surface area contributed by atoms with Crippen molar-refractivity contribution in [3.05, 3.63) is 83.1 Å². The predicted molar refractivity (Wildman–Crippen MR) is 174 cm³/mol. The second-order valence-electron chi connectivity index (χ2n) is 11.0. The summed E-state index contributed by atoms with van der Waals surface area (Å²) in [6, 6.07) is 17.3. The van der Waals surface area contributed by atoms with Crippen LogP contribution in [0.5, 0.6) is 0 Å². The summed E-state index contributed by atoms with van der Waals surface area (Å²) in [7, 11) is -3.72. The minimum absolute atomic E-state index is 0.00586. The summed E-state index contributed by atoms with van der Waals surface area (Å²) in [5, 5.41) is 4.89. The van der Waals surface area contributed by atoms with Crippen molar-refractivity contribution in [2.45, 2.75) is 44.9 Å². The molecular formula is C32H40N2O12S2. The molecule has 2 aromatic rings. The third-order valence-electron chi connectivity index (χ3n) is 7.62. The predicted octanol–water partition coefficient (Wildman–Crippen LogP) is 2.83. The fourth-order valence-electron chi connectivity index (χ4n) is 4.91. The van der Waals surface area contributed by atoms with Gasteiger partial charge in [-0.05, 0) is 48.3 Å². The molecule has 2 aliphatic heterocycles. The summed E-state index contributed by atoms with van der Waals surface area (Å²) in [4.78, 5) is 47.7. The number of ether oxygens (including phenoxy) is 4. The Morgan fingerprint density at radius 2 is 1.19 bits per heavy atom. The Hall–Kier alpha value is -4.44. The van der Waals surface area contributed by atoms with Crippen molar-refractivity contribution in [1.82, 2.24) is 10.6 Å². The van der Waals surface area contributed by atoms with Crippen LogP contribution < -0.4 is 10.6 Å². The topological polar surface area (TPSA) is 198 Å². The van der Waals surface area contributed by atoms with Crippen LogP contribution in [0.4, 0.5) is 9.59 Å². The molecule has 2 amide bonds. The van der Waals surface area contributed by atoms with Crippen LogP contribution in [0.2, 0.25) is 0 Å². The van der Waals surface area contributed by atoms with Crippen LogP contribution in [-0.4, -0.2) is 84.2 Å². The van der Waals surface area contributed by atoms with Crippen molar-refractivity contribution in [3.8, 4) is 0 Å². The fourth-order valence-corrected chi connectivity index (χ4v) is 7.76. The Morgan fingerprint density at radius 1 is 0.708 bits per heavy atom. The molecule has 4 rings (SSSR count). The molecule has 0 radical (unpaired) electrons. The van der Waals surface area contributed by atoms with E-state index in [4.69, 9.17) is 14.2 Å². The van der Waals surface area contributed by atoms with Crippen LogP contribution in [-0.2, 0) is 61.4 Å². The number of allylic oxidation sites excluding steroid dienone is 1. The summed E-state index contributed by atoms with van der Waals surface area (Å²) in [5.74, 6) is -1.70. The molecular weight excluding hydrogens is 668 g/mol. The van der Waals surface area contributed by atoms with Gasteiger partial charge in [0.2, 0.25) is 0 Å². The Labute approximate surface area is 280 Å². The van der Waals surface area contributed by atoms with E-state index in [-0.39, 0.29) is 60.7 Å². The Balaban J connectivity index is 0.000000260. The number of methoxy groups -OCH3 is 2. The first-order chi connectivity index (χ1) is 22.8. The number of rotatable bonds is 9. The van der Waals surface area contributed by atoms with E-state index in [9.17, 15) is 36.0 Å². The maximum Gasteiger partial charge on any atom is 0.412 e. The standard InChI is InChI=1S/C16H21NO6S.C16H19NO6S/c2*1-22-15(18)14(13-7-9-24(20,21)10-8-13)17-16(19)23-11-12-5-3-2-4-6-12/h2-6,13-14H,7-11H2,1H3,(H,17,19);2-6H,7-11H2,1H3,(H,17,19)/t14-;/m0./s1. The molecule has 2 aliphatic rings. The Kier molecular flexibility index (Phi) is 14.4. The summed E-state index contributed by atoms with van der Waals surface area (Å²) >= 11 is 0. The third kappa shape index (κ3) is 12.6. The minimum Gasteiger partial charge on any atom is -0.467 e. The molecule has 16 heteroatoms. The van der Waals surface area contributed by atoms with Gasteiger partial charge in [-0.1, -0.05) is 60.7 Å². The van der Waals surface area contributed by atoms with Crippen LogP contribution in [0, 0.1) is 5.92 Å². The van der Waals surface area contributed by atoms with Gasteiger partial charge in [0.15, 0.2) is 9.84 Å². The fraction of sp³-hybridized carbons (Fsp3) is 0.438. The number of carbonyl (C=O) groups is 4. The zero-order valence-corrected chi connectivity index (χ0v) is 28.3. The number of carbonyl (C=O) groups excluding carboxylic acids is 4. The lowest BCUT2D eigenvalue weighted by Gasteiger charge is -2.28. The van der Waals surface area contributed by atoms with Gasteiger partial charge < -0.3 is 24.3 Å². The average molecular weight is 709 g/mol. The largest absolute Gasteiger partial charge is 0.467 e. The summed E-state index contributed by atoms with van der Waals surface area (Å²) in [5.41, 5.74) is 2.15. The van der Waals surface area contributed by atoms with E-state index in [1.54, 1.807) is 12.1 Å². The number of nitrogens with one attached hydrogen (secondary N) is 2. The lowest BCUT2D eigenvalue weighted by Crippen LogP contribution is -2.48. The Bertz CT molecular complexity index is 1630. The van der Waals surface area contributed by atoms with Crippen LogP contribution in [0.3, 0.4) is 0 Å². The van der Waals surface area contributed by atoms with E-state index in [1.807, 2.05) is 48.5 Å². The monoisotopic (exact) mass is 708 g/mol. The highest BCUT2D eigenvalue weighted by atomic mass is 32.2. The van der Waals surface area contributed by atoms with Crippen molar-refractivity contribution >= 4 is 43.8 Å². The van der Waals surface area contributed by atoms with Gasteiger partial charge in [-0.15, -0.1) is 0 Å². The number of sulfone groups is 2. The van der Waals surface area contributed by atoms with Gasteiger partial charge in [-0.2, -0.15) is 0 Å². The number of amides is 2. The molecule has 0 aromatic heterocycles. The second kappa shape index (κ2) is 18.2. The highest BCUT2D eigenvalue weighted by molar-refractivity contribution is 7.91. The summed E-state index contributed by atoms with van der Waals surface area (Å²) in [6.45, 7) is 0.143. The van der Waals surface area contributed by atoms with Crippen molar-refractivity contribution in [2.75, 3.05) is 37.2 Å². The smallest absolute Gasteiger partial charge is 0.412 e. The number of benzene rings is 2. The van der Waals surface area contributed by atoms with Gasteiger partial charge in [-0.25, -0.2) is 36.0 Å².